The first kappa shape index (κ1) is 17.2. The average molecular weight is 355 g/mol. The van der Waals surface area contributed by atoms with E-state index in [2.05, 4.69) is 11.6 Å². The number of aromatic nitrogens is 1. The topological polar surface area (TPSA) is 68.7 Å². The Labute approximate surface area is 142 Å². The fourth-order valence-corrected chi connectivity index (χ4v) is 2.95. The molecular weight excluding hydrogens is 340 g/mol. The zero-order valence-corrected chi connectivity index (χ0v) is 14.2. The van der Waals surface area contributed by atoms with Crippen molar-refractivity contribution in [1.82, 2.24) is 4.98 Å². The lowest BCUT2D eigenvalue weighted by molar-refractivity contribution is -0.138. The molecule has 6 nitrogen and oxygen atoms in total. The van der Waals surface area contributed by atoms with Crippen molar-refractivity contribution in [3.63, 3.8) is 0 Å². The molecule has 0 aliphatic heterocycles. The van der Waals surface area contributed by atoms with E-state index in [1.165, 1.54) is 11.3 Å². The largest absolute Gasteiger partial charge is 0.461 e. The third-order valence-electron chi connectivity index (χ3n) is 2.84. The Bertz CT molecular complexity index is 759. The SMILES string of the molecule is C=C(C(=O)OCC)N(C(=O)OCC)c1ccc2nc(Cl)sc2c1. The first-order valence-electron chi connectivity index (χ1n) is 6.86. The van der Waals surface area contributed by atoms with Crippen LogP contribution in [0.5, 0.6) is 0 Å². The van der Waals surface area contributed by atoms with Gasteiger partial charge in [-0.3, -0.25) is 0 Å². The Morgan fingerprint density at radius 2 is 2.00 bits per heavy atom. The van der Waals surface area contributed by atoms with Crippen molar-refractivity contribution >= 4 is 50.9 Å². The smallest absolute Gasteiger partial charge is 0.419 e. The van der Waals surface area contributed by atoms with Gasteiger partial charge in [-0.05, 0) is 32.0 Å². The second kappa shape index (κ2) is 7.43. The van der Waals surface area contributed by atoms with E-state index < -0.39 is 12.1 Å². The van der Waals surface area contributed by atoms with Crippen LogP contribution in [0.2, 0.25) is 4.47 Å². The Balaban J connectivity index is 2.43. The molecule has 0 aliphatic carbocycles. The number of esters is 1. The second-order valence-corrected chi connectivity index (χ2v) is 5.93. The van der Waals surface area contributed by atoms with Crippen LogP contribution in [-0.2, 0) is 14.3 Å². The van der Waals surface area contributed by atoms with Gasteiger partial charge in [-0.25, -0.2) is 19.5 Å². The summed E-state index contributed by atoms with van der Waals surface area (Å²) in [6, 6.07) is 5.04. The molecule has 0 bridgehead atoms. The van der Waals surface area contributed by atoms with E-state index in [4.69, 9.17) is 21.1 Å². The van der Waals surface area contributed by atoms with Gasteiger partial charge in [0, 0.05) is 0 Å². The Morgan fingerprint density at radius 3 is 2.65 bits per heavy atom. The van der Waals surface area contributed by atoms with Crippen molar-refractivity contribution < 1.29 is 19.1 Å². The van der Waals surface area contributed by atoms with Crippen LogP contribution < -0.4 is 4.90 Å². The monoisotopic (exact) mass is 354 g/mol. The molecule has 0 spiro atoms. The molecule has 122 valence electrons. The summed E-state index contributed by atoms with van der Waals surface area (Å²) in [5.41, 5.74) is 1.00. The summed E-state index contributed by atoms with van der Waals surface area (Å²) < 4.78 is 11.1. The van der Waals surface area contributed by atoms with Crippen molar-refractivity contribution in [2.45, 2.75) is 13.8 Å². The van der Waals surface area contributed by atoms with Crippen molar-refractivity contribution in [3.05, 3.63) is 34.9 Å². The molecular formula is C15H15ClN2O4S. The molecule has 0 atom stereocenters. The van der Waals surface area contributed by atoms with E-state index >= 15 is 0 Å². The van der Waals surface area contributed by atoms with Gasteiger partial charge in [0.25, 0.3) is 0 Å². The summed E-state index contributed by atoms with van der Waals surface area (Å²) >= 11 is 7.16. The lowest BCUT2D eigenvalue weighted by atomic mass is 10.2. The number of hydrogen-bond donors (Lipinski definition) is 0. The van der Waals surface area contributed by atoms with Crippen molar-refractivity contribution in [2.24, 2.45) is 0 Å². The summed E-state index contributed by atoms with van der Waals surface area (Å²) in [4.78, 5) is 29.4. The van der Waals surface area contributed by atoms with Gasteiger partial charge >= 0.3 is 12.1 Å². The summed E-state index contributed by atoms with van der Waals surface area (Å²) in [6.45, 7) is 7.34. The third kappa shape index (κ3) is 3.80. The van der Waals surface area contributed by atoms with Crippen LogP contribution in [0, 0.1) is 0 Å². The van der Waals surface area contributed by atoms with Gasteiger partial charge in [0.05, 0.1) is 29.1 Å². The first-order chi connectivity index (χ1) is 11.0. The van der Waals surface area contributed by atoms with Gasteiger partial charge in [0.1, 0.15) is 5.70 Å². The van der Waals surface area contributed by atoms with Crippen molar-refractivity contribution in [3.8, 4) is 0 Å². The third-order valence-corrected chi connectivity index (χ3v) is 3.96. The standard InChI is InChI=1S/C15H15ClN2O4S/c1-4-21-13(19)9(3)18(15(20)22-5-2)10-6-7-11-12(8-10)23-14(16)17-11/h6-8H,3-5H2,1-2H3. The number of thiazole rings is 1. The maximum atomic E-state index is 12.2. The molecule has 0 saturated heterocycles. The van der Waals surface area contributed by atoms with Crippen LogP contribution in [0.3, 0.4) is 0 Å². The zero-order valence-electron chi connectivity index (χ0n) is 12.7. The van der Waals surface area contributed by atoms with Crippen LogP contribution in [0.25, 0.3) is 10.2 Å². The predicted octanol–water partition coefficient (Wildman–Crippen LogP) is 3.99. The van der Waals surface area contributed by atoms with Gasteiger partial charge in [-0.2, -0.15) is 0 Å². The van der Waals surface area contributed by atoms with Crippen LogP contribution in [-0.4, -0.2) is 30.3 Å². The number of anilines is 1. The highest BCUT2D eigenvalue weighted by Crippen LogP contribution is 2.31. The minimum atomic E-state index is -0.708. The number of amides is 1. The summed E-state index contributed by atoms with van der Waals surface area (Å²) in [6.07, 6.45) is -0.708. The number of nitrogens with zero attached hydrogens (tertiary/aromatic N) is 2. The molecule has 0 saturated carbocycles. The Kier molecular flexibility index (Phi) is 5.57. The molecule has 0 unspecified atom stereocenters. The van der Waals surface area contributed by atoms with Crippen molar-refractivity contribution in [1.29, 1.82) is 0 Å². The van der Waals surface area contributed by atoms with E-state index in [0.29, 0.717) is 15.7 Å². The molecule has 0 fully saturated rings. The number of hydrogen-bond acceptors (Lipinski definition) is 6. The Hall–Kier alpha value is -2.12. The number of carbonyl (C=O) groups is 2. The van der Waals surface area contributed by atoms with E-state index in [1.807, 2.05) is 0 Å². The van der Waals surface area contributed by atoms with Gasteiger partial charge in [-0.1, -0.05) is 18.2 Å². The second-order valence-electron chi connectivity index (χ2n) is 4.32. The van der Waals surface area contributed by atoms with E-state index in [-0.39, 0.29) is 18.9 Å². The fraction of sp³-hybridized carbons (Fsp3) is 0.267. The summed E-state index contributed by atoms with van der Waals surface area (Å²) in [7, 11) is 0. The lowest BCUT2D eigenvalue weighted by Crippen LogP contribution is -2.34. The van der Waals surface area contributed by atoms with Gasteiger partial charge < -0.3 is 9.47 Å². The van der Waals surface area contributed by atoms with Gasteiger partial charge in [-0.15, -0.1) is 11.3 Å². The average Bonchev–Trinajstić information content (AvgIpc) is 2.87. The molecule has 0 radical (unpaired) electrons. The number of ether oxygens (including phenoxy) is 2. The van der Waals surface area contributed by atoms with Gasteiger partial charge in [0.2, 0.25) is 0 Å². The maximum Gasteiger partial charge on any atom is 0.419 e. The van der Waals surface area contributed by atoms with Crippen molar-refractivity contribution in [2.75, 3.05) is 18.1 Å². The quantitative estimate of drug-likeness (QED) is 0.599. The first-order valence-corrected chi connectivity index (χ1v) is 8.06. The van der Waals surface area contributed by atoms with Crippen LogP contribution in [0.1, 0.15) is 13.8 Å². The minimum absolute atomic E-state index is 0.125. The number of fused-ring (bicyclic) bond motifs is 1. The molecule has 1 heterocycles. The fourth-order valence-electron chi connectivity index (χ4n) is 1.89. The van der Waals surface area contributed by atoms with Crippen LogP contribution in [0.15, 0.2) is 30.5 Å². The highest BCUT2D eigenvalue weighted by molar-refractivity contribution is 7.22. The molecule has 1 aromatic carbocycles. The van der Waals surface area contributed by atoms with Crippen LogP contribution in [0.4, 0.5) is 10.5 Å². The minimum Gasteiger partial charge on any atom is -0.461 e. The summed E-state index contributed by atoms with van der Waals surface area (Å²) in [5, 5.41) is 0. The number of carbonyl (C=O) groups excluding carboxylic acids is 2. The van der Waals surface area contributed by atoms with E-state index in [9.17, 15) is 9.59 Å². The summed E-state index contributed by atoms with van der Waals surface area (Å²) in [5.74, 6) is -0.692. The molecule has 0 aliphatic rings. The molecule has 0 N–H and O–H groups in total. The number of rotatable bonds is 5. The number of benzene rings is 1. The molecule has 23 heavy (non-hydrogen) atoms. The lowest BCUT2D eigenvalue weighted by Gasteiger charge is -2.22. The van der Waals surface area contributed by atoms with Crippen LogP contribution >= 0.6 is 22.9 Å². The van der Waals surface area contributed by atoms with E-state index in [0.717, 1.165) is 9.60 Å². The molecule has 1 amide bonds. The zero-order chi connectivity index (χ0) is 17.0. The normalized spacial score (nSPS) is 10.4. The van der Waals surface area contributed by atoms with E-state index in [1.54, 1.807) is 32.0 Å². The molecule has 1 aromatic heterocycles. The predicted molar refractivity (Wildman–Crippen MR) is 89.9 cm³/mol. The van der Waals surface area contributed by atoms with Gasteiger partial charge in [0.15, 0.2) is 4.47 Å². The number of halogens is 1. The highest BCUT2D eigenvalue weighted by atomic mass is 35.5. The Morgan fingerprint density at radius 1 is 1.30 bits per heavy atom. The molecule has 2 rings (SSSR count). The maximum absolute atomic E-state index is 12.2. The molecule has 2 aromatic rings. The highest BCUT2D eigenvalue weighted by Gasteiger charge is 2.26. The molecule has 8 heteroatoms.